The Bertz CT molecular complexity index is 325. The van der Waals surface area contributed by atoms with Crippen molar-refractivity contribution in [2.75, 3.05) is 32.8 Å². The number of hydrogen-bond donors (Lipinski definition) is 0. The van der Waals surface area contributed by atoms with Crippen LogP contribution in [0.3, 0.4) is 0 Å². The van der Waals surface area contributed by atoms with Gasteiger partial charge in [-0.1, -0.05) is 11.6 Å². The first-order chi connectivity index (χ1) is 8.33. The summed E-state index contributed by atoms with van der Waals surface area (Å²) >= 11 is 0. The quantitative estimate of drug-likeness (QED) is 0.722. The van der Waals surface area contributed by atoms with Gasteiger partial charge < -0.3 is 9.64 Å². The fourth-order valence-corrected chi connectivity index (χ4v) is 2.88. The molecule has 3 heterocycles. The van der Waals surface area contributed by atoms with E-state index >= 15 is 0 Å². The fourth-order valence-electron chi connectivity index (χ4n) is 2.88. The van der Waals surface area contributed by atoms with Crippen LogP contribution in [0.25, 0.3) is 0 Å². The molecule has 0 aromatic carbocycles. The Hall–Kier alpha value is -0.800. The minimum absolute atomic E-state index is 0.718. The van der Waals surface area contributed by atoms with Gasteiger partial charge in [-0.25, -0.2) is 0 Å². The highest BCUT2D eigenvalue weighted by Gasteiger charge is 2.30. The molecule has 0 spiro atoms. The van der Waals surface area contributed by atoms with Crippen LogP contribution >= 0.6 is 0 Å². The highest BCUT2D eigenvalue weighted by atomic mass is 16.5. The molecular weight excluding hydrogens is 212 g/mol. The summed E-state index contributed by atoms with van der Waals surface area (Å²) in [5, 5.41) is 0. The molecule has 0 N–H and O–H groups in total. The smallest absolute Gasteiger partial charge is 0.0645 e. The Morgan fingerprint density at radius 1 is 1.18 bits per heavy atom. The van der Waals surface area contributed by atoms with E-state index in [0.717, 1.165) is 31.8 Å². The van der Waals surface area contributed by atoms with Gasteiger partial charge in [0.1, 0.15) is 0 Å². The Kier molecular flexibility index (Phi) is 3.21. The number of piperidine rings is 1. The largest absolute Gasteiger partial charge is 0.378 e. The molecule has 3 heteroatoms. The lowest BCUT2D eigenvalue weighted by Crippen LogP contribution is -2.54. The van der Waals surface area contributed by atoms with Crippen molar-refractivity contribution < 1.29 is 4.74 Å². The minimum Gasteiger partial charge on any atom is -0.378 e. The van der Waals surface area contributed by atoms with E-state index in [1.807, 2.05) is 0 Å². The van der Waals surface area contributed by atoms with Gasteiger partial charge in [-0.05, 0) is 32.0 Å². The van der Waals surface area contributed by atoms with E-state index in [-0.39, 0.29) is 0 Å². The lowest BCUT2D eigenvalue weighted by Gasteiger charge is -2.44. The van der Waals surface area contributed by atoms with Crippen LogP contribution < -0.4 is 0 Å². The zero-order valence-corrected chi connectivity index (χ0v) is 10.6. The van der Waals surface area contributed by atoms with Gasteiger partial charge in [0.05, 0.1) is 19.3 Å². The Labute approximate surface area is 104 Å². The molecule has 0 atom stereocenters. The molecule has 0 aromatic rings. The molecular formula is C14H22N2O. The highest BCUT2D eigenvalue weighted by molar-refractivity contribution is 5.20. The molecule has 2 fully saturated rings. The van der Waals surface area contributed by atoms with Crippen molar-refractivity contribution in [1.82, 2.24) is 9.80 Å². The molecule has 0 aliphatic carbocycles. The third kappa shape index (κ3) is 2.40. The molecule has 2 saturated heterocycles. The summed E-state index contributed by atoms with van der Waals surface area (Å²) in [6, 6.07) is 1.46. The van der Waals surface area contributed by atoms with E-state index < -0.39 is 0 Å². The summed E-state index contributed by atoms with van der Waals surface area (Å²) in [6.45, 7) is 7.66. The first kappa shape index (κ1) is 11.3. The molecule has 0 amide bonds. The van der Waals surface area contributed by atoms with Gasteiger partial charge in [0, 0.05) is 25.7 Å². The van der Waals surface area contributed by atoms with Crippen LogP contribution in [-0.2, 0) is 4.74 Å². The van der Waals surface area contributed by atoms with E-state index in [4.69, 9.17) is 4.74 Å². The second-order valence-corrected chi connectivity index (χ2v) is 5.42. The molecule has 0 bridgehead atoms. The monoisotopic (exact) mass is 234 g/mol. The molecule has 94 valence electrons. The van der Waals surface area contributed by atoms with Gasteiger partial charge in [-0.15, -0.1) is 0 Å². The lowest BCUT2D eigenvalue weighted by atomic mass is 10.00. The third-order valence-electron chi connectivity index (χ3n) is 4.26. The third-order valence-corrected chi connectivity index (χ3v) is 4.26. The molecule has 0 aromatic heterocycles. The van der Waals surface area contributed by atoms with Crippen molar-refractivity contribution in [3.05, 3.63) is 23.9 Å². The van der Waals surface area contributed by atoms with Crippen LogP contribution in [0.15, 0.2) is 23.9 Å². The fraction of sp³-hybridized carbons (Fsp3) is 0.714. The molecule has 0 unspecified atom stereocenters. The average Bonchev–Trinajstić information content (AvgIpc) is 2.29. The Balaban J connectivity index is 1.50. The minimum atomic E-state index is 0.718. The molecule has 0 radical (unpaired) electrons. The molecule has 0 saturated carbocycles. The lowest BCUT2D eigenvalue weighted by molar-refractivity contribution is -0.0745. The normalized spacial score (nSPS) is 28.1. The van der Waals surface area contributed by atoms with E-state index in [1.54, 1.807) is 0 Å². The van der Waals surface area contributed by atoms with Gasteiger partial charge in [0.15, 0.2) is 0 Å². The van der Waals surface area contributed by atoms with Crippen molar-refractivity contribution in [1.29, 1.82) is 0 Å². The summed E-state index contributed by atoms with van der Waals surface area (Å²) in [5.74, 6) is 0. The standard InChI is InChI=1S/C14H22N2O/c1-12-2-6-15(7-3-12)13-4-8-16(9-5-13)14-10-17-11-14/h2-3,6,13-14H,4-5,7-11H2,1H3. The topological polar surface area (TPSA) is 15.7 Å². The van der Waals surface area contributed by atoms with Crippen molar-refractivity contribution in [3.8, 4) is 0 Å². The van der Waals surface area contributed by atoms with Gasteiger partial charge >= 0.3 is 0 Å². The maximum atomic E-state index is 5.27. The van der Waals surface area contributed by atoms with Crippen LogP contribution in [0, 0.1) is 0 Å². The van der Waals surface area contributed by atoms with E-state index in [0.29, 0.717) is 0 Å². The second-order valence-electron chi connectivity index (χ2n) is 5.42. The highest BCUT2D eigenvalue weighted by Crippen LogP contribution is 2.22. The van der Waals surface area contributed by atoms with Crippen LogP contribution in [0.4, 0.5) is 0 Å². The maximum Gasteiger partial charge on any atom is 0.0645 e. The van der Waals surface area contributed by atoms with E-state index in [2.05, 4.69) is 35.1 Å². The summed E-state index contributed by atoms with van der Waals surface area (Å²) in [7, 11) is 0. The maximum absolute atomic E-state index is 5.27. The number of likely N-dealkylation sites (tertiary alicyclic amines) is 1. The summed E-state index contributed by atoms with van der Waals surface area (Å²) in [4.78, 5) is 5.11. The average molecular weight is 234 g/mol. The Morgan fingerprint density at radius 3 is 2.47 bits per heavy atom. The van der Waals surface area contributed by atoms with Gasteiger partial charge in [0.25, 0.3) is 0 Å². The summed E-state index contributed by atoms with van der Waals surface area (Å²) < 4.78 is 5.27. The van der Waals surface area contributed by atoms with Crippen LogP contribution in [0.1, 0.15) is 19.8 Å². The van der Waals surface area contributed by atoms with E-state index in [1.165, 1.54) is 31.5 Å². The van der Waals surface area contributed by atoms with Crippen molar-refractivity contribution in [3.63, 3.8) is 0 Å². The van der Waals surface area contributed by atoms with Crippen LogP contribution in [-0.4, -0.2) is 54.7 Å². The number of rotatable bonds is 2. The first-order valence-electron chi connectivity index (χ1n) is 6.75. The molecule has 3 rings (SSSR count). The SMILES string of the molecule is CC1=CCN(C2CCN(C3COC3)CC2)C=C1. The first-order valence-corrected chi connectivity index (χ1v) is 6.75. The van der Waals surface area contributed by atoms with Gasteiger partial charge in [-0.3, -0.25) is 4.90 Å². The predicted molar refractivity (Wildman–Crippen MR) is 68.8 cm³/mol. The number of nitrogens with zero attached hydrogens (tertiary/aromatic N) is 2. The Morgan fingerprint density at radius 2 is 1.94 bits per heavy atom. The van der Waals surface area contributed by atoms with Gasteiger partial charge in [0.2, 0.25) is 0 Å². The van der Waals surface area contributed by atoms with Gasteiger partial charge in [-0.2, -0.15) is 0 Å². The zero-order chi connectivity index (χ0) is 11.7. The summed E-state index contributed by atoms with van der Waals surface area (Å²) in [6.07, 6.45) is 9.44. The number of allylic oxidation sites excluding steroid dienone is 2. The van der Waals surface area contributed by atoms with Crippen LogP contribution in [0.2, 0.25) is 0 Å². The zero-order valence-electron chi connectivity index (χ0n) is 10.6. The van der Waals surface area contributed by atoms with Crippen molar-refractivity contribution in [2.45, 2.75) is 31.8 Å². The van der Waals surface area contributed by atoms with Crippen LogP contribution in [0.5, 0.6) is 0 Å². The number of ether oxygens (including phenoxy) is 1. The van der Waals surface area contributed by atoms with Crippen molar-refractivity contribution >= 4 is 0 Å². The summed E-state index contributed by atoms with van der Waals surface area (Å²) in [5.41, 5.74) is 1.39. The predicted octanol–water partition coefficient (Wildman–Crippen LogP) is 1.63. The molecule has 3 aliphatic rings. The molecule has 17 heavy (non-hydrogen) atoms. The molecule has 3 aliphatic heterocycles. The second kappa shape index (κ2) is 4.83. The molecule has 3 nitrogen and oxygen atoms in total. The number of hydrogen-bond acceptors (Lipinski definition) is 3. The van der Waals surface area contributed by atoms with Crippen molar-refractivity contribution in [2.24, 2.45) is 0 Å². The van der Waals surface area contributed by atoms with E-state index in [9.17, 15) is 0 Å².